The molecule has 0 bridgehead atoms. The maximum Gasteiger partial charge on any atom is 2.00 e. The van der Waals surface area contributed by atoms with Crippen molar-refractivity contribution in [1.82, 2.24) is 20.3 Å². The van der Waals surface area contributed by atoms with Crippen LogP contribution in [0.4, 0.5) is 9.93 Å². The number of hydrogen-bond donors (Lipinski definition) is 3. The number of fused-ring (bicyclic) bond motifs is 1. The van der Waals surface area contributed by atoms with Crippen LogP contribution in [-0.4, -0.2) is 44.6 Å². The first-order valence-electron chi connectivity index (χ1n) is 12.0. The van der Waals surface area contributed by atoms with Gasteiger partial charge in [0.25, 0.3) is 5.97 Å². The number of amides is 2. The minimum Gasteiger partial charge on any atom is -0.483 e. The van der Waals surface area contributed by atoms with Gasteiger partial charge in [0.15, 0.2) is 11.1 Å². The van der Waals surface area contributed by atoms with Crippen molar-refractivity contribution in [2.24, 2.45) is 0 Å². The molecule has 0 aliphatic heterocycles. The zero-order chi connectivity index (χ0) is 28.6. The minimum absolute atomic E-state index is 0. The van der Waals surface area contributed by atoms with Crippen molar-refractivity contribution in [2.45, 2.75) is 32.8 Å². The summed E-state index contributed by atoms with van der Waals surface area (Å²) in [7, 11) is 0. The van der Waals surface area contributed by atoms with Gasteiger partial charge in [-0.05, 0) is 56.7 Å². The average molecular weight is 786 g/mol. The number of urea groups is 1. The van der Waals surface area contributed by atoms with E-state index in [4.69, 9.17) is 9.84 Å². The van der Waals surface area contributed by atoms with Crippen molar-refractivity contribution in [3.63, 3.8) is 0 Å². The first-order chi connectivity index (χ1) is 18.5. The van der Waals surface area contributed by atoms with Crippen LogP contribution >= 0.6 is 11.3 Å². The van der Waals surface area contributed by atoms with E-state index < -0.39 is 17.5 Å². The van der Waals surface area contributed by atoms with Gasteiger partial charge in [-0.1, -0.05) is 29.9 Å². The fraction of sp³-hybridized carbons (Fsp3) is 0.214. The number of anilines is 1. The monoisotopic (exact) mass is 785 g/mol. The Bertz CT molecular complexity index is 1460. The normalized spacial score (nSPS) is 10.5. The van der Waals surface area contributed by atoms with E-state index in [-0.39, 0.29) is 43.6 Å². The summed E-state index contributed by atoms with van der Waals surface area (Å²) in [6, 6.07) is 13.2. The van der Waals surface area contributed by atoms with Crippen LogP contribution in [0.2, 0.25) is 0 Å². The second-order valence-corrected chi connectivity index (χ2v) is 9.65. The summed E-state index contributed by atoms with van der Waals surface area (Å²) in [6.45, 7) is 12.3. The summed E-state index contributed by atoms with van der Waals surface area (Å²) in [5.41, 5.74) is 3.93. The third-order valence-corrected chi connectivity index (χ3v) is 6.31. The predicted octanol–water partition coefficient (Wildman–Crippen LogP) is 5.47. The summed E-state index contributed by atoms with van der Waals surface area (Å²) in [6.07, 6.45) is 3.45. The number of carbonyl (C=O) groups excluding carboxylic acids is 2. The number of pyridine rings is 2. The van der Waals surface area contributed by atoms with E-state index in [1.165, 1.54) is 11.3 Å². The van der Waals surface area contributed by atoms with Gasteiger partial charge in [-0.3, -0.25) is 31.8 Å². The standard InChI is InChI=1S/C25H24N5O3S.C3H5O2.U/c1-5-26-23(32)30-24-29-20-13-17(12-18(22(20)34-24)19-8-6-7-11-27-19)16-9-10-21(28-14-16)25(3,4)33-15(2)31;1-2-3(4)5;/h6-14H,2,5H2,1,3-4H3,(H2,26,29,30,32);1-2H2,(H,4,5);/q2*-1;+2. The Hall–Kier alpha value is -3.46. The van der Waals surface area contributed by atoms with Crippen molar-refractivity contribution in [1.29, 1.82) is 0 Å². The molecule has 0 spiro atoms. The maximum atomic E-state index is 12.0. The summed E-state index contributed by atoms with van der Waals surface area (Å²) >= 11 is 1.40. The predicted molar refractivity (Wildman–Crippen MR) is 151 cm³/mol. The van der Waals surface area contributed by atoms with Crippen LogP contribution in [0.5, 0.6) is 0 Å². The second kappa shape index (κ2) is 14.8. The van der Waals surface area contributed by atoms with Gasteiger partial charge in [-0.2, -0.15) is 0 Å². The van der Waals surface area contributed by atoms with Gasteiger partial charge in [-0.15, -0.1) is 0 Å². The number of esters is 1. The third-order valence-electron chi connectivity index (χ3n) is 5.29. The number of nitrogens with one attached hydrogen (secondary N) is 2. The smallest absolute Gasteiger partial charge is 0.483 e. The molecule has 0 radical (unpaired) electrons. The Labute approximate surface area is 260 Å². The van der Waals surface area contributed by atoms with Gasteiger partial charge in [0.2, 0.25) is 0 Å². The number of nitrogens with zero attached hydrogens (tertiary/aromatic N) is 3. The van der Waals surface area contributed by atoms with Crippen LogP contribution in [0, 0.1) is 45.0 Å². The van der Waals surface area contributed by atoms with E-state index >= 15 is 0 Å². The number of aliphatic carboxylic acids is 1. The number of thiazole rings is 1. The Morgan fingerprint density at radius 2 is 1.82 bits per heavy atom. The number of aromatic nitrogens is 3. The summed E-state index contributed by atoms with van der Waals surface area (Å²) in [4.78, 5) is 46.3. The topological polar surface area (TPSA) is 143 Å². The quantitative estimate of drug-likeness (QED) is 0.166. The SMILES string of the molecule is [CH2-]C(=O)OC(C)(C)c1ccc(-c2cc(-c3ccccn3)c3sc(NC(=O)NCC)nc3c2)cn1.[CH2-]CC(=O)O.[U+2]. The molecule has 12 heteroatoms. The Morgan fingerprint density at radius 3 is 2.38 bits per heavy atom. The van der Waals surface area contributed by atoms with E-state index in [9.17, 15) is 14.4 Å². The number of rotatable bonds is 7. The molecule has 206 valence electrons. The van der Waals surface area contributed by atoms with Crippen molar-refractivity contribution in [2.75, 3.05) is 11.9 Å². The molecule has 3 N–H and O–H groups in total. The molecule has 2 amide bonds. The number of carbonyl (C=O) groups is 3. The van der Waals surface area contributed by atoms with Gasteiger partial charge in [0.05, 0.1) is 21.6 Å². The van der Waals surface area contributed by atoms with Gasteiger partial charge in [0.1, 0.15) is 5.60 Å². The van der Waals surface area contributed by atoms with Crippen LogP contribution in [0.3, 0.4) is 0 Å². The van der Waals surface area contributed by atoms with Crippen LogP contribution in [0.15, 0.2) is 54.9 Å². The third kappa shape index (κ3) is 8.78. The minimum atomic E-state index is -0.894. The molecule has 0 atom stereocenters. The first-order valence-corrected chi connectivity index (χ1v) is 12.8. The molecule has 3 aromatic heterocycles. The van der Waals surface area contributed by atoms with Crippen LogP contribution in [-0.2, 0) is 19.9 Å². The Balaban J connectivity index is 0.000000858. The van der Waals surface area contributed by atoms with E-state index in [1.54, 1.807) is 26.2 Å². The zero-order valence-electron chi connectivity index (χ0n) is 22.4. The molecule has 0 aliphatic rings. The Morgan fingerprint density at radius 1 is 1.10 bits per heavy atom. The van der Waals surface area contributed by atoms with Crippen LogP contribution < -0.4 is 10.6 Å². The fourth-order valence-corrected chi connectivity index (χ4v) is 4.49. The molecule has 10 nitrogen and oxygen atoms in total. The molecule has 1 aromatic carbocycles. The molecule has 3 heterocycles. The molecule has 0 aliphatic carbocycles. The number of hydrogen-bond acceptors (Lipinski definition) is 8. The summed E-state index contributed by atoms with van der Waals surface area (Å²) in [5, 5.41) is 13.7. The molecule has 0 fully saturated rings. The fourth-order valence-electron chi connectivity index (χ4n) is 3.52. The number of ether oxygens (including phenoxy) is 1. The van der Waals surface area contributed by atoms with Crippen LogP contribution in [0.1, 0.15) is 32.9 Å². The first kappa shape index (κ1) is 32.8. The summed E-state index contributed by atoms with van der Waals surface area (Å²) in [5.74, 6) is -1.47. The van der Waals surface area contributed by atoms with E-state index in [0.717, 1.165) is 32.6 Å². The number of benzene rings is 1. The molecular weight excluding hydrogens is 756 g/mol. The molecule has 40 heavy (non-hydrogen) atoms. The van der Waals surface area contributed by atoms with Crippen molar-refractivity contribution >= 4 is 44.7 Å². The van der Waals surface area contributed by atoms with Gasteiger partial charge in [-0.25, -0.2) is 9.78 Å². The van der Waals surface area contributed by atoms with Crippen LogP contribution in [0.25, 0.3) is 32.6 Å². The van der Waals surface area contributed by atoms with Gasteiger partial charge in [0, 0.05) is 30.1 Å². The summed E-state index contributed by atoms with van der Waals surface area (Å²) < 4.78 is 6.21. The molecule has 0 unspecified atom stereocenters. The van der Waals surface area contributed by atoms with Gasteiger partial charge >= 0.3 is 37.1 Å². The second-order valence-electron chi connectivity index (χ2n) is 8.65. The Kier molecular flexibility index (Phi) is 12.1. The maximum absolute atomic E-state index is 12.0. The van der Waals surface area contributed by atoms with Crippen molar-refractivity contribution < 1.29 is 55.3 Å². The molecule has 0 saturated heterocycles. The van der Waals surface area contributed by atoms with Gasteiger partial charge < -0.3 is 22.1 Å². The molecular formula is C28H29N5O5SU. The van der Waals surface area contributed by atoms with E-state index in [0.29, 0.717) is 17.4 Å². The molecule has 0 saturated carbocycles. The average Bonchev–Trinajstić information content (AvgIpc) is 3.30. The molecule has 4 rings (SSSR count). The number of carboxylic acids is 1. The van der Waals surface area contributed by atoms with Crippen molar-refractivity contribution in [3.05, 3.63) is 74.4 Å². The van der Waals surface area contributed by atoms with Crippen molar-refractivity contribution in [3.8, 4) is 22.4 Å². The number of carboxylic acid groups (broad SMARTS) is 1. The largest absolute Gasteiger partial charge is 2.00 e. The van der Waals surface area contributed by atoms with E-state index in [1.807, 2.05) is 49.4 Å². The molecule has 4 aromatic rings. The van der Waals surface area contributed by atoms with E-state index in [2.05, 4.69) is 39.4 Å². The zero-order valence-corrected chi connectivity index (χ0v) is 27.3.